The number of carboxylic acid groups (broad SMARTS) is 2. The lowest BCUT2D eigenvalue weighted by Gasteiger charge is -2.14. The van der Waals surface area contributed by atoms with E-state index in [1.807, 2.05) is 6.92 Å². The van der Waals surface area contributed by atoms with Crippen molar-refractivity contribution in [3.63, 3.8) is 0 Å². The molecule has 4 amide bonds. The number of hydrogen-bond acceptors (Lipinski definition) is 13. The van der Waals surface area contributed by atoms with Gasteiger partial charge in [-0.2, -0.15) is 0 Å². The molecule has 4 N–H and O–H groups in total. The first-order chi connectivity index (χ1) is 28.9. The second-order valence-corrected chi connectivity index (χ2v) is 14.5. The molecule has 1 aliphatic rings. The van der Waals surface area contributed by atoms with Crippen LogP contribution in [-0.2, 0) is 62.1 Å². The van der Waals surface area contributed by atoms with E-state index in [4.69, 9.17) is 24.1 Å². The van der Waals surface area contributed by atoms with Gasteiger partial charge in [-0.15, -0.1) is 5.06 Å². The molecule has 1 aliphatic heterocycles. The Labute approximate surface area is 355 Å². The first kappa shape index (κ1) is 56.0. The molecule has 1 heterocycles. The highest BCUT2D eigenvalue weighted by molar-refractivity contribution is 6.01. The molecule has 1 saturated heterocycles. The van der Waals surface area contributed by atoms with Gasteiger partial charge in [0, 0.05) is 58.8 Å². The second kappa shape index (κ2) is 39.2. The molecule has 0 bridgehead atoms. The van der Waals surface area contributed by atoms with Crippen LogP contribution in [0.15, 0.2) is 0 Å². The van der Waals surface area contributed by atoms with Crippen molar-refractivity contribution < 1.29 is 72.4 Å². The van der Waals surface area contributed by atoms with E-state index >= 15 is 0 Å². The van der Waals surface area contributed by atoms with Crippen molar-refractivity contribution in [2.75, 3.05) is 59.9 Å². The van der Waals surface area contributed by atoms with Crippen molar-refractivity contribution in [3.8, 4) is 0 Å². The maximum Gasteiger partial charge on any atom is 0.358 e. The molecule has 1 fully saturated rings. The van der Waals surface area contributed by atoms with Crippen LogP contribution in [0.2, 0.25) is 0 Å². The highest BCUT2D eigenvalue weighted by Crippen LogP contribution is 2.15. The Balaban J connectivity index is 0.00000160. The molecule has 0 aliphatic carbocycles. The smallest absolute Gasteiger partial charge is 0.358 e. The molecule has 0 aromatic heterocycles. The van der Waals surface area contributed by atoms with Crippen LogP contribution in [-0.4, -0.2) is 129 Å². The first-order valence-electron chi connectivity index (χ1n) is 21.7. The maximum atomic E-state index is 12.2. The van der Waals surface area contributed by atoms with Gasteiger partial charge >= 0.3 is 17.9 Å². The predicted molar refractivity (Wildman–Crippen MR) is 219 cm³/mol. The van der Waals surface area contributed by atoms with E-state index in [1.54, 1.807) is 0 Å². The summed E-state index contributed by atoms with van der Waals surface area (Å²) in [5.41, 5.74) is 0. The number of rotatable bonds is 39. The van der Waals surface area contributed by atoms with E-state index in [0.29, 0.717) is 37.9 Å². The highest BCUT2D eigenvalue weighted by atomic mass is 16.7. The monoisotopic (exact) mass is 860 g/mol. The molecular weight excluding hydrogens is 786 g/mol. The lowest BCUT2D eigenvalue weighted by molar-refractivity contribution is -0.200. The normalized spacial score (nSPS) is 12.7. The van der Waals surface area contributed by atoms with Gasteiger partial charge in [-0.3, -0.25) is 28.8 Å². The number of likely N-dealkylation sites (N-methyl/N-ethyl adjacent to an activating group) is 1. The average Bonchev–Trinajstić information content (AvgIpc) is 3.53. The number of imide groups is 1. The minimum atomic E-state index is -1.13. The number of Topliss-reactive ketones (excluding diaryl/α,β-unsaturated/α-hetero) is 1. The van der Waals surface area contributed by atoms with Gasteiger partial charge in [0.1, 0.15) is 25.0 Å². The Kier molecular flexibility index (Phi) is 36.5. The fraction of sp³-hybridized carbons (Fsp3) is 0.810. The topological polar surface area (TPSA) is 250 Å². The van der Waals surface area contributed by atoms with E-state index in [9.17, 15) is 43.5 Å². The van der Waals surface area contributed by atoms with Crippen LogP contribution in [0.1, 0.15) is 155 Å². The zero-order valence-corrected chi connectivity index (χ0v) is 36.1. The number of hydrogen-bond donors (Lipinski definition) is 4. The fourth-order valence-electron chi connectivity index (χ4n) is 5.77. The molecule has 18 nitrogen and oxygen atoms in total. The number of carbonyl (C=O) groups excluding carboxylic acids is 6. The average molecular weight is 860 g/mol. The summed E-state index contributed by atoms with van der Waals surface area (Å²) in [6.07, 6.45) is 17.9. The molecule has 1 rings (SSSR count). The molecule has 0 saturated carbocycles. The Morgan fingerprint density at radius 3 is 1.57 bits per heavy atom. The molecule has 346 valence electrons. The number of nitrogens with zero attached hydrogens (tertiary/aromatic N) is 1. The number of nitrogens with one attached hydrogen (secondary N) is 2. The van der Waals surface area contributed by atoms with Crippen LogP contribution in [0.25, 0.3) is 0 Å². The van der Waals surface area contributed by atoms with Crippen molar-refractivity contribution in [3.05, 3.63) is 0 Å². The summed E-state index contributed by atoms with van der Waals surface area (Å²) in [7, 11) is 1.53. The number of hydroxylamine groups is 2. The zero-order valence-electron chi connectivity index (χ0n) is 36.1. The number of carboxylic acids is 2. The molecule has 0 aromatic carbocycles. The summed E-state index contributed by atoms with van der Waals surface area (Å²) in [6, 6.07) is -1.06. The van der Waals surface area contributed by atoms with Crippen molar-refractivity contribution in [1.82, 2.24) is 15.7 Å². The van der Waals surface area contributed by atoms with Crippen molar-refractivity contribution in [2.45, 2.75) is 161 Å². The molecule has 1 atom stereocenters. The molecule has 0 aromatic rings. The number of ether oxygens (including phenoxy) is 4. The van der Waals surface area contributed by atoms with E-state index < -0.39 is 35.8 Å². The van der Waals surface area contributed by atoms with Gasteiger partial charge < -0.3 is 44.6 Å². The molecule has 0 radical (unpaired) electrons. The third-order valence-electron chi connectivity index (χ3n) is 9.16. The molecular formula is C42H73N3O15. The SMILES string of the molecule is CCCOCCOCC(=O)ON1C(=O)CCC1=O.CNC(=O)COCCOCCCC(=O)CC[C@H](NC(=O)CCCCCCCCCCCCCCCCC(=O)O)C(=O)O. The van der Waals surface area contributed by atoms with E-state index in [2.05, 4.69) is 15.5 Å². The van der Waals surface area contributed by atoms with Crippen molar-refractivity contribution in [1.29, 1.82) is 0 Å². The Morgan fingerprint density at radius 2 is 1.07 bits per heavy atom. The fourth-order valence-corrected chi connectivity index (χ4v) is 5.77. The number of aliphatic carboxylic acids is 2. The van der Waals surface area contributed by atoms with Gasteiger partial charge in [-0.05, 0) is 32.1 Å². The summed E-state index contributed by atoms with van der Waals surface area (Å²) >= 11 is 0. The van der Waals surface area contributed by atoms with Gasteiger partial charge in [0.05, 0.1) is 26.4 Å². The molecule has 0 spiro atoms. The van der Waals surface area contributed by atoms with Gasteiger partial charge in [0.15, 0.2) is 0 Å². The van der Waals surface area contributed by atoms with Crippen LogP contribution >= 0.6 is 0 Å². The third-order valence-corrected chi connectivity index (χ3v) is 9.16. The molecule has 18 heteroatoms. The Bertz CT molecular complexity index is 1220. The van der Waals surface area contributed by atoms with Gasteiger partial charge in [-0.1, -0.05) is 84.0 Å². The Morgan fingerprint density at radius 1 is 0.583 bits per heavy atom. The van der Waals surface area contributed by atoms with Crippen LogP contribution in [0, 0.1) is 0 Å². The zero-order chi connectivity index (χ0) is 44.6. The van der Waals surface area contributed by atoms with Gasteiger partial charge in [0.2, 0.25) is 11.8 Å². The quantitative estimate of drug-likeness (QED) is 0.0477. The predicted octanol–water partition coefficient (Wildman–Crippen LogP) is 4.83. The standard InChI is InChI=1S/C31H56N2O9.C11H17NO6/c1-32-29(36)25-42-24-23-41-22-16-17-26(34)20-21-27(31(39)40)33-28(35)18-14-12-10-8-6-4-2-3-5-7-9-11-13-15-19-30(37)38;1-2-5-16-6-7-17-8-11(15)18-12-9(13)3-4-10(12)14/h27H,2-25H2,1H3,(H,32,36)(H,33,35)(H,37,38)(H,39,40);2-8H2,1H3/t27-;/m0./s1. The number of ketones is 1. The van der Waals surface area contributed by atoms with Crippen molar-refractivity contribution in [2.24, 2.45) is 0 Å². The summed E-state index contributed by atoms with van der Waals surface area (Å²) in [6.45, 7) is 3.92. The lowest BCUT2D eigenvalue weighted by Crippen LogP contribution is -2.41. The van der Waals surface area contributed by atoms with Gasteiger partial charge in [0.25, 0.3) is 11.8 Å². The third kappa shape index (κ3) is 34.8. The van der Waals surface area contributed by atoms with Crippen LogP contribution in [0.3, 0.4) is 0 Å². The number of carbonyl (C=O) groups is 8. The van der Waals surface area contributed by atoms with Crippen molar-refractivity contribution >= 4 is 47.3 Å². The van der Waals surface area contributed by atoms with E-state index in [1.165, 1.54) is 52.0 Å². The number of unbranched alkanes of at least 4 members (excludes halogenated alkanes) is 13. The number of amides is 4. The molecule has 0 unspecified atom stereocenters. The minimum Gasteiger partial charge on any atom is -0.481 e. The second-order valence-electron chi connectivity index (χ2n) is 14.5. The summed E-state index contributed by atoms with van der Waals surface area (Å²) in [4.78, 5) is 95.4. The molecule has 60 heavy (non-hydrogen) atoms. The van der Waals surface area contributed by atoms with E-state index in [-0.39, 0.29) is 89.0 Å². The summed E-state index contributed by atoms with van der Waals surface area (Å²) < 4.78 is 20.6. The van der Waals surface area contributed by atoms with Crippen LogP contribution < -0.4 is 10.6 Å². The summed E-state index contributed by atoms with van der Waals surface area (Å²) in [5.74, 6) is -4.18. The summed E-state index contributed by atoms with van der Waals surface area (Å²) in [5, 5.41) is 23.5. The highest BCUT2D eigenvalue weighted by Gasteiger charge is 2.32. The largest absolute Gasteiger partial charge is 0.481 e. The van der Waals surface area contributed by atoms with E-state index in [0.717, 1.165) is 51.4 Å². The Hall–Kier alpha value is -4.00. The first-order valence-corrected chi connectivity index (χ1v) is 21.7. The van der Waals surface area contributed by atoms with Crippen LogP contribution in [0.5, 0.6) is 0 Å². The maximum absolute atomic E-state index is 12.2. The van der Waals surface area contributed by atoms with Gasteiger partial charge in [-0.25, -0.2) is 9.59 Å². The minimum absolute atomic E-state index is 0.0242. The lowest BCUT2D eigenvalue weighted by atomic mass is 10.0. The van der Waals surface area contributed by atoms with Crippen LogP contribution in [0.4, 0.5) is 0 Å².